The fourth-order valence-corrected chi connectivity index (χ4v) is 1.71. The highest BCUT2D eigenvalue weighted by atomic mass is 16.1. The molecular weight excluding hydrogens is 152 g/mol. The van der Waals surface area contributed by atoms with Crippen molar-refractivity contribution in [2.75, 3.05) is 0 Å². The summed E-state index contributed by atoms with van der Waals surface area (Å²) in [6, 6.07) is 5.64. The van der Waals surface area contributed by atoms with Gasteiger partial charge in [0, 0.05) is 12.5 Å². The van der Waals surface area contributed by atoms with Crippen LogP contribution in [0.25, 0.3) is 0 Å². The summed E-state index contributed by atoms with van der Waals surface area (Å²) in [4.78, 5) is 11.3. The number of carbonyl (C=O) groups is 1. The normalized spacial score (nSPS) is 20.7. The Morgan fingerprint density at radius 1 is 1.67 bits per heavy atom. The van der Waals surface area contributed by atoms with Gasteiger partial charge >= 0.3 is 0 Å². The van der Waals surface area contributed by atoms with E-state index in [0.29, 0.717) is 17.8 Å². The van der Waals surface area contributed by atoms with Crippen molar-refractivity contribution in [2.45, 2.75) is 19.4 Å². The number of rotatable bonds is 0. The molecule has 0 saturated carbocycles. The van der Waals surface area contributed by atoms with Crippen LogP contribution in [0.1, 0.15) is 35.6 Å². The predicted molar refractivity (Wildman–Crippen MR) is 42.8 cm³/mol. The van der Waals surface area contributed by atoms with Crippen LogP contribution in [0.4, 0.5) is 0 Å². The van der Waals surface area contributed by atoms with Crippen LogP contribution in [0, 0.1) is 11.3 Å². The van der Waals surface area contributed by atoms with Gasteiger partial charge in [-0.2, -0.15) is 5.26 Å². The highest BCUT2D eigenvalue weighted by Gasteiger charge is 2.27. The number of aromatic nitrogens is 1. The largest absolute Gasteiger partial charge is 0.327 e. The van der Waals surface area contributed by atoms with Gasteiger partial charge in [-0.15, -0.1) is 0 Å². The van der Waals surface area contributed by atoms with Crippen LogP contribution < -0.4 is 0 Å². The lowest BCUT2D eigenvalue weighted by molar-refractivity contribution is 0.0990. The third kappa shape index (κ3) is 0.722. The zero-order chi connectivity index (χ0) is 8.72. The van der Waals surface area contributed by atoms with Gasteiger partial charge < -0.3 is 4.57 Å². The van der Waals surface area contributed by atoms with E-state index in [1.807, 2.05) is 11.5 Å². The second-order valence-electron chi connectivity index (χ2n) is 3.06. The molecule has 0 saturated heterocycles. The molecule has 2 heterocycles. The molecule has 2 rings (SSSR count). The molecule has 1 aromatic heterocycles. The summed E-state index contributed by atoms with van der Waals surface area (Å²) in [5.74, 6) is 0.143. The Balaban J connectivity index is 2.65. The lowest BCUT2D eigenvalue weighted by Crippen LogP contribution is -2.00. The van der Waals surface area contributed by atoms with Gasteiger partial charge in [0.1, 0.15) is 11.8 Å². The standard InChI is InChI=1S/C9H8N2O/c1-6-4-9(12)8-3-2-7(5-10)11(6)8/h2-3,6H,4H2,1H3. The van der Waals surface area contributed by atoms with Crippen molar-refractivity contribution in [3.8, 4) is 6.07 Å². The van der Waals surface area contributed by atoms with Crippen molar-refractivity contribution in [3.63, 3.8) is 0 Å². The summed E-state index contributed by atoms with van der Waals surface area (Å²) in [5, 5.41) is 8.71. The van der Waals surface area contributed by atoms with Gasteiger partial charge in [-0.1, -0.05) is 0 Å². The predicted octanol–water partition coefficient (Wildman–Crippen LogP) is 1.51. The quantitative estimate of drug-likeness (QED) is 0.577. The number of hydrogen-bond acceptors (Lipinski definition) is 2. The molecule has 0 fully saturated rings. The molecule has 0 spiro atoms. The fraction of sp³-hybridized carbons (Fsp3) is 0.333. The molecular formula is C9H8N2O. The SMILES string of the molecule is CC1CC(=O)c2ccc(C#N)n21. The highest BCUT2D eigenvalue weighted by Crippen LogP contribution is 2.27. The molecule has 12 heavy (non-hydrogen) atoms. The Labute approximate surface area is 70.2 Å². The summed E-state index contributed by atoms with van der Waals surface area (Å²) < 4.78 is 1.81. The molecule has 0 amide bonds. The maximum Gasteiger partial charge on any atom is 0.181 e. The van der Waals surface area contributed by atoms with Gasteiger partial charge in [-0.05, 0) is 19.1 Å². The van der Waals surface area contributed by atoms with Crippen molar-refractivity contribution < 1.29 is 4.79 Å². The topological polar surface area (TPSA) is 45.8 Å². The van der Waals surface area contributed by atoms with E-state index in [-0.39, 0.29) is 11.8 Å². The van der Waals surface area contributed by atoms with Crippen LogP contribution in [0.15, 0.2) is 12.1 Å². The molecule has 60 valence electrons. The Morgan fingerprint density at radius 2 is 2.42 bits per heavy atom. The lowest BCUT2D eigenvalue weighted by atomic mass is 10.2. The Kier molecular flexibility index (Phi) is 1.31. The number of nitriles is 1. The molecule has 0 N–H and O–H groups in total. The average Bonchev–Trinajstić information content (AvgIpc) is 2.55. The van der Waals surface area contributed by atoms with Crippen molar-refractivity contribution in [2.24, 2.45) is 0 Å². The Bertz CT molecular complexity index is 384. The first-order chi connectivity index (χ1) is 5.74. The summed E-state index contributed by atoms with van der Waals surface area (Å²) in [6.45, 7) is 1.95. The molecule has 1 aliphatic rings. The van der Waals surface area contributed by atoms with Gasteiger partial charge in [-0.25, -0.2) is 0 Å². The van der Waals surface area contributed by atoms with E-state index < -0.39 is 0 Å². The van der Waals surface area contributed by atoms with Crippen LogP contribution in [-0.2, 0) is 0 Å². The summed E-state index contributed by atoms with van der Waals surface area (Å²) >= 11 is 0. The Morgan fingerprint density at radius 3 is 3.08 bits per heavy atom. The molecule has 3 heteroatoms. The van der Waals surface area contributed by atoms with Crippen molar-refractivity contribution in [1.82, 2.24) is 4.57 Å². The maximum atomic E-state index is 11.3. The molecule has 0 aliphatic carbocycles. The summed E-state index contributed by atoms with van der Waals surface area (Å²) in [7, 11) is 0. The number of hydrogen-bond donors (Lipinski definition) is 0. The van der Waals surface area contributed by atoms with E-state index in [1.165, 1.54) is 0 Å². The first-order valence-electron chi connectivity index (χ1n) is 3.88. The van der Waals surface area contributed by atoms with Crippen LogP contribution >= 0.6 is 0 Å². The first kappa shape index (κ1) is 7.11. The van der Waals surface area contributed by atoms with Gasteiger partial charge in [0.15, 0.2) is 5.78 Å². The molecule has 1 aromatic rings. The average molecular weight is 160 g/mol. The molecule has 0 bridgehead atoms. The molecule has 3 nitrogen and oxygen atoms in total. The van der Waals surface area contributed by atoms with E-state index in [2.05, 4.69) is 6.07 Å². The first-order valence-corrected chi connectivity index (χ1v) is 3.88. The molecule has 1 atom stereocenters. The van der Waals surface area contributed by atoms with Gasteiger partial charge in [0.2, 0.25) is 0 Å². The Hall–Kier alpha value is -1.56. The number of Topliss-reactive ketones (excluding diaryl/α,β-unsaturated/α-hetero) is 1. The second-order valence-corrected chi connectivity index (χ2v) is 3.06. The minimum Gasteiger partial charge on any atom is -0.327 e. The van der Waals surface area contributed by atoms with Crippen molar-refractivity contribution in [3.05, 3.63) is 23.5 Å². The number of ketones is 1. The molecule has 0 aromatic carbocycles. The van der Waals surface area contributed by atoms with E-state index in [9.17, 15) is 4.79 Å². The zero-order valence-electron chi connectivity index (χ0n) is 6.74. The molecule has 1 aliphatic heterocycles. The van der Waals surface area contributed by atoms with Crippen LogP contribution in [-0.4, -0.2) is 10.4 Å². The highest BCUT2D eigenvalue weighted by molar-refractivity contribution is 5.97. The molecule has 1 unspecified atom stereocenters. The van der Waals surface area contributed by atoms with E-state index in [1.54, 1.807) is 12.1 Å². The van der Waals surface area contributed by atoms with Crippen LogP contribution in [0.2, 0.25) is 0 Å². The van der Waals surface area contributed by atoms with Crippen LogP contribution in [0.3, 0.4) is 0 Å². The fourth-order valence-electron chi connectivity index (χ4n) is 1.71. The maximum absolute atomic E-state index is 11.3. The number of nitrogens with zero attached hydrogens (tertiary/aromatic N) is 2. The van der Waals surface area contributed by atoms with E-state index in [0.717, 1.165) is 0 Å². The summed E-state index contributed by atoms with van der Waals surface area (Å²) in [6.07, 6.45) is 0.533. The van der Waals surface area contributed by atoms with Crippen molar-refractivity contribution in [1.29, 1.82) is 5.26 Å². The van der Waals surface area contributed by atoms with Gasteiger partial charge in [0.05, 0.1) is 5.69 Å². The monoisotopic (exact) mass is 160 g/mol. The van der Waals surface area contributed by atoms with Crippen molar-refractivity contribution >= 4 is 5.78 Å². The van der Waals surface area contributed by atoms with Gasteiger partial charge in [-0.3, -0.25) is 4.79 Å². The third-order valence-corrected chi connectivity index (χ3v) is 2.24. The third-order valence-electron chi connectivity index (χ3n) is 2.24. The van der Waals surface area contributed by atoms with Gasteiger partial charge in [0.25, 0.3) is 0 Å². The second kappa shape index (κ2) is 2.21. The smallest absolute Gasteiger partial charge is 0.181 e. The summed E-state index contributed by atoms with van der Waals surface area (Å²) in [5.41, 5.74) is 1.27. The van der Waals surface area contributed by atoms with Crippen LogP contribution in [0.5, 0.6) is 0 Å². The minimum absolute atomic E-state index is 0.143. The number of carbonyl (C=O) groups excluding carboxylic acids is 1. The lowest BCUT2D eigenvalue weighted by Gasteiger charge is -2.05. The molecule has 0 radical (unpaired) electrons. The number of fused-ring (bicyclic) bond motifs is 1. The van der Waals surface area contributed by atoms with E-state index in [4.69, 9.17) is 5.26 Å². The zero-order valence-corrected chi connectivity index (χ0v) is 6.74. The van der Waals surface area contributed by atoms with E-state index >= 15 is 0 Å². The minimum atomic E-state index is 0.143.